The van der Waals surface area contributed by atoms with Crippen molar-refractivity contribution in [2.75, 3.05) is 24.3 Å². The van der Waals surface area contributed by atoms with Crippen molar-refractivity contribution in [2.24, 2.45) is 0 Å². The number of aromatic nitrogens is 1. The molecule has 2 N–H and O–H groups in total. The molecule has 0 spiro atoms. The number of nitrogens with one attached hydrogen (secondary N) is 2. The van der Waals surface area contributed by atoms with E-state index in [2.05, 4.69) is 27.8 Å². The molecule has 2 heterocycles. The molecule has 1 unspecified atom stereocenters. The Kier molecular flexibility index (Phi) is 5.85. The first-order chi connectivity index (χ1) is 14.3. The van der Waals surface area contributed by atoms with Crippen molar-refractivity contribution >= 4 is 23.0 Å². The van der Waals surface area contributed by atoms with Crippen molar-refractivity contribution in [3.8, 4) is 12.1 Å². The molecule has 7 nitrogen and oxygen atoms in total. The van der Waals surface area contributed by atoms with Crippen LogP contribution in [0.1, 0.15) is 29.8 Å². The Balaban J connectivity index is 1.95. The van der Waals surface area contributed by atoms with Crippen molar-refractivity contribution in [1.82, 2.24) is 10.3 Å². The summed E-state index contributed by atoms with van der Waals surface area (Å²) >= 11 is 0. The molecule has 2 aromatic rings. The Labute approximate surface area is 176 Å². The largest absolute Gasteiger partial charge is 0.380 e. The Bertz CT molecular complexity index is 1130. The van der Waals surface area contributed by atoms with E-state index >= 15 is 0 Å². The number of anilines is 2. The number of carbonyl (C=O) groups is 1. The molecule has 150 valence electrons. The fourth-order valence-corrected chi connectivity index (χ4v) is 3.33. The van der Waals surface area contributed by atoms with Gasteiger partial charge in [0.05, 0.1) is 35.1 Å². The predicted octanol–water partition coefficient (Wildman–Crippen LogP) is 3.47. The molecule has 1 aromatic heterocycles. The molecule has 0 radical (unpaired) electrons. The number of hydrogen-bond acceptors (Lipinski definition) is 6. The number of nitrogens with zero attached hydrogens (tertiary/aromatic N) is 4. The van der Waals surface area contributed by atoms with E-state index in [9.17, 15) is 15.3 Å². The second kappa shape index (κ2) is 8.50. The van der Waals surface area contributed by atoms with Gasteiger partial charge >= 0.3 is 0 Å². The fourth-order valence-electron chi connectivity index (χ4n) is 3.33. The minimum atomic E-state index is -0.317. The average molecular weight is 398 g/mol. The van der Waals surface area contributed by atoms with Crippen LogP contribution in [0.5, 0.6) is 0 Å². The van der Waals surface area contributed by atoms with Crippen LogP contribution < -0.4 is 15.5 Å². The smallest absolute Gasteiger partial charge is 0.256 e. The number of allylic oxidation sites excluding steroid dienone is 3. The Morgan fingerprint density at radius 2 is 1.97 bits per heavy atom. The molecule has 1 aliphatic heterocycles. The number of dihydropyridines is 1. The van der Waals surface area contributed by atoms with Gasteiger partial charge in [-0.2, -0.15) is 10.5 Å². The van der Waals surface area contributed by atoms with E-state index in [4.69, 9.17) is 0 Å². The van der Waals surface area contributed by atoms with E-state index in [0.717, 1.165) is 5.69 Å². The lowest BCUT2D eigenvalue weighted by Crippen LogP contribution is -2.31. The highest BCUT2D eigenvalue weighted by Gasteiger charge is 2.26. The van der Waals surface area contributed by atoms with Gasteiger partial charge < -0.3 is 15.5 Å². The van der Waals surface area contributed by atoms with Gasteiger partial charge in [0.15, 0.2) is 0 Å². The molecule has 0 fully saturated rings. The van der Waals surface area contributed by atoms with Crippen molar-refractivity contribution in [3.63, 3.8) is 0 Å². The maximum Gasteiger partial charge on any atom is 0.256 e. The number of amides is 1. The number of benzene rings is 1. The number of carbonyl (C=O) groups excluding carboxylic acids is 1. The summed E-state index contributed by atoms with van der Waals surface area (Å²) in [5.74, 6) is 0.124. The molecule has 3 rings (SSSR count). The lowest BCUT2D eigenvalue weighted by atomic mass is 9.86. The van der Waals surface area contributed by atoms with Gasteiger partial charge in [0.2, 0.25) is 0 Å². The molecule has 1 atom stereocenters. The van der Waals surface area contributed by atoms with Crippen LogP contribution in [0.2, 0.25) is 0 Å². The summed E-state index contributed by atoms with van der Waals surface area (Å²) in [6.45, 7) is 3.68. The molecule has 0 saturated heterocycles. The third-order valence-corrected chi connectivity index (χ3v) is 4.91. The number of rotatable bonds is 4. The zero-order valence-electron chi connectivity index (χ0n) is 17.3. The first kappa shape index (κ1) is 20.6. The SMILES string of the molecule is CC1=C(C#N)C(c2cccc(C(=O)Nc3ccc(N(C)C)cn3)c2)=C(C#N)C(C)N1. The highest BCUT2D eigenvalue weighted by molar-refractivity contribution is 6.04. The minimum absolute atomic E-state index is 0.223. The molecular weight excluding hydrogens is 376 g/mol. The summed E-state index contributed by atoms with van der Waals surface area (Å²) in [6.07, 6.45) is 1.68. The van der Waals surface area contributed by atoms with E-state index < -0.39 is 0 Å². The molecule has 1 aliphatic rings. The van der Waals surface area contributed by atoms with Gasteiger partial charge in [0, 0.05) is 30.9 Å². The van der Waals surface area contributed by atoms with Gasteiger partial charge in [-0.25, -0.2) is 4.98 Å². The standard InChI is InChI=1S/C23H22N6O/c1-14-19(11-24)22(20(12-25)15(2)27-14)16-6-5-7-17(10-16)23(30)28-21-9-8-18(13-26-21)29(3)4/h5-10,13-14,27H,1-4H3,(H,26,28,30). The molecular formula is C23H22N6O. The highest BCUT2D eigenvalue weighted by Crippen LogP contribution is 2.33. The van der Waals surface area contributed by atoms with Crippen LogP contribution in [0.25, 0.3) is 5.57 Å². The van der Waals surface area contributed by atoms with Crippen molar-refractivity contribution in [3.05, 3.63) is 70.6 Å². The first-order valence-electron chi connectivity index (χ1n) is 9.43. The zero-order chi connectivity index (χ0) is 21.8. The summed E-state index contributed by atoms with van der Waals surface area (Å²) in [5.41, 5.74) is 4.14. The van der Waals surface area contributed by atoms with Crippen LogP contribution in [-0.4, -0.2) is 31.0 Å². The summed E-state index contributed by atoms with van der Waals surface area (Å²) in [6, 6.07) is 14.7. The Morgan fingerprint density at radius 1 is 1.20 bits per heavy atom. The van der Waals surface area contributed by atoms with Gasteiger partial charge in [0.1, 0.15) is 11.9 Å². The third-order valence-electron chi connectivity index (χ3n) is 4.91. The fraction of sp³-hybridized carbons (Fsp3) is 0.217. The first-order valence-corrected chi connectivity index (χ1v) is 9.43. The molecule has 0 saturated carbocycles. The second-order valence-electron chi connectivity index (χ2n) is 7.21. The number of pyridine rings is 1. The normalized spacial score (nSPS) is 15.7. The van der Waals surface area contributed by atoms with E-state index in [1.54, 1.807) is 36.5 Å². The average Bonchev–Trinajstić information content (AvgIpc) is 2.73. The third kappa shape index (κ3) is 4.01. The van der Waals surface area contributed by atoms with Crippen LogP contribution in [-0.2, 0) is 0 Å². The van der Waals surface area contributed by atoms with Crippen LogP contribution in [0.15, 0.2) is 59.4 Å². The maximum atomic E-state index is 12.8. The Hall–Kier alpha value is -4.10. The molecule has 1 amide bonds. The van der Waals surface area contributed by atoms with Gasteiger partial charge in [0.25, 0.3) is 5.91 Å². The second-order valence-corrected chi connectivity index (χ2v) is 7.21. The number of hydrogen-bond donors (Lipinski definition) is 2. The van der Waals surface area contributed by atoms with Crippen LogP contribution in [0.4, 0.5) is 11.5 Å². The lowest BCUT2D eigenvalue weighted by Gasteiger charge is -2.25. The maximum absolute atomic E-state index is 12.8. The van der Waals surface area contributed by atoms with E-state index in [1.165, 1.54) is 0 Å². The van der Waals surface area contributed by atoms with Gasteiger partial charge in [-0.15, -0.1) is 0 Å². The quantitative estimate of drug-likeness (QED) is 0.817. The topological polar surface area (TPSA) is 105 Å². The van der Waals surface area contributed by atoms with Crippen LogP contribution in [0, 0.1) is 22.7 Å². The van der Waals surface area contributed by atoms with Gasteiger partial charge in [-0.1, -0.05) is 12.1 Å². The summed E-state index contributed by atoms with van der Waals surface area (Å²) in [5, 5.41) is 25.2. The van der Waals surface area contributed by atoms with Crippen molar-refractivity contribution < 1.29 is 4.79 Å². The van der Waals surface area contributed by atoms with Crippen LogP contribution in [0.3, 0.4) is 0 Å². The van der Waals surface area contributed by atoms with E-state index in [0.29, 0.717) is 39.4 Å². The molecule has 0 bridgehead atoms. The van der Waals surface area contributed by atoms with E-state index in [1.807, 2.05) is 38.9 Å². The molecule has 1 aromatic carbocycles. The monoisotopic (exact) mass is 398 g/mol. The van der Waals surface area contributed by atoms with Gasteiger partial charge in [-0.3, -0.25) is 4.79 Å². The zero-order valence-corrected chi connectivity index (χ0v) is 17.3. The predicted molar refractivity (Wildman–Crippen MR) is 116 cm³/mol. The Morgan fingerprint density at radius 3 is 2.57 bits per heavy atom. The van der Waals surface area contributed by atoms with Crippen molar-refractivity contribution in [2.45, 2.75) is 19.9 Å². The van der Waals surface area contributed by atoms with E-state index in [-0.39, 0.29) is 11.9 Å². The molecule has 7 heteroatoms. The summed E-state index contributed by atoms with van der Waals surface area (Å²) in [4.78, 5) is 19.0. The lowest BCUT2D eigenvalue weighted by molar-refractivity contribution is 0.102. The summed E-state index contributed by atoms with van der Waals surface area (Å²) in [7, 11) is 3.83. The minimum Gasteiger partial charge on any atom is -0.380 e. The highest BCUT2D eigenvalue weighted by atomic mass is 16.1. The number of nitriles is 2. The van der Waals surface area contributed by atoms with Gasteiger partial charge in [-0.05, 0) is 43.7 Å². The summed E-state index contributed by atoms with van der Waals surface area (Å²) < 4.78 is 0. The van der Waals surface area contributed by atoms with Crippen molar-refractivity contribution in [1.29, 1.82) is 10.5 Å². The van der Waals surface area contributed by atoms with Crippen LogP contribution >= 0.6 is 0 Å². The molecule has 30 heavy (non-hydrogen) atoms. The molecule has 0 aliphatic carbocycles.